The first-order chi connectivity index (χ1) is 68.8. The van der Waals surface area contributed by atoms with E-state index >= 15 is 0 Å². The number of fused-ring (bicyclic) bond motifs is 30. The van der Waals surface area contributed by atoms with E-state index in [0.29, 0.717) is 35.5 Å². The second-order valence-corrected chi connectivity index (χ2v) is 46.4. The van der Waals surface area contributed by atoms with E-state index in [1.165, 1.54) is 264 Å². The van der Waals surface area contributed by atoms with Crippen LogP contribution >= 0.6 is 0 Å². The maximum Gasteiger partial charge on any atom is 0.216 e. The fourth-order valence-corrected chi connectivity index (χ4v) is 27.4. The predicted octanol–water partition coefficient (Wildman–Crippen LogP) is 33.9. The smallest absolute Gasteiger partial charge is 0.216 e. The average Bonchev–Trinajstić information content (AvgIpc) is 1.52. The fraction of sp³-hybridized carbons (Fsp3) is 0.328. The van der Waals surface area contributed by atoms with Crippen LogP contribution in [0, 0.1) is 67.2 Å². The third-order valence-corrected chi connectivity index (χ3v) is 33.8. The molecule has 10 heterocycles. The standard InChI is InChI=1S/C38H44NO.C34H34NO.2C31H31N2O/c1-22(2)19-38(20-23(3)4)30-13-11-10-12-27(30)35-31(38)16-17-33-36(35)28-15-14-25(7)34(37(28)40-33)32-18-29(24(5)6)26(8)21-39(32)9;1-20(2)25-18-28(35(5)19-22(25)4)30-21(3)12-13-24-32-29(36-33(24)30)15-14-27-31(32)23-10-6-7-11-26(23)34(27)16-8-9-17-34;1-17(2)23-14-26(33(7)16-19(23)4)27-18(3)8-9-20-21-10-11-24-28(30(21)34-29(20)27)22-12-13-32-15-25(22)31(24,5)6;1-17(2)23-15-25(33(7)16-19(23)4)26-18(3)10-11-20-21-12-13-24-27(29(21)34-28(20)26)22-9-8-14-32-30(22)31(24,5)6/h10-18,21-24H,19-20H2,1-9H3;6-7,10-15,18-20H,8-9,16-17H2,1-5H3;2*8-17H,1-7H3/q4*+1. The van der Waals surface area contributed by atoms with Crippen LogP contribution in [0.3, 0.4) is 0 Å². The molecule has 144 heavy (non-hydrogen) atoms. The average molecular weight is 1900 g/mol. The van der Waals surface area contributed by atoms with Crippen molar-refractivity contribution < 1.29 is 35.9 Å². The largest absolute Gasteiger partial charge is 0.455 e. The van der Waals surface area contributed by atoms with Gasteiger partial charge in [-0.25, -0.2) is 18.3 Å². The van der Waals surface area contributed by atoms with Gasteiger partial charge in [-0.2, -0.15) is 0 Å². The molecule has 1 saturated carbocycles. The monoisotopic (exact) mass is 1900 g/mol. The molecule has 0 amide bonds. The zero-order valence-corrected chi connectivity index (χ0v) is 90.0. The summed E-state index contributed by atoms with van der Waals surface area (Å²) in [5.74, 6) is 3.06. The molecule has 0 radical (unpaired) electrons. The van der Waals surface area contributed by atoms with E-state index < -0.39 is 0 Å². The zero-order valence-electron chi connectivity index (χ0n) is 90.0. The number of benzene rings is 10. The Labute approximate surface area is 850 Å². The first-order valence-corrected chi connectivity index (χ1v) is 52.9. The second-order valence-electron chi connectivity index (χ2n) is 46.4. The first kappa shape index (κ1) is 95.2. The molecule has 0 atom stereocenters. The van der Waals surface area contributed by atoms with Gasteiger partial charge in [0.05, 0.1) is 27.9 Å². The van der Waals surface area contributed by atoms with Crippen molar-refractivity contribution in [2.24, 2.45) is 40.0 Å². The number of furan rings is 4. The Kier molecular flexibility index (Phi) is 23.2. The molecular formula is C134H140N6O4+4. The SMILES string of the molecule is Cc1c[n+](C)c(-c2c(C)ccc3c2oc2c4c(ccc23)C(C)(C)c2cnccc2-4)cc1C(C)C.Cc1c[n+](C)c(-c2c(C)ccc3c2oc2c4c(ccc23)C(C)(C)c2ncccc2-4)cc1C(C)C.Cc1c[n+](C)c(-c2c(C)ccc3c2oc2ccc4c(c23)-c2ccccc2C4(CC(C)C)CC(C)C)cc1C(C)C.Cc1c[n+](C)c(-c2c(C)ccc3c2oc2ccc4c(c23)-c2ccccc2C42CCCC2)cc1C(C)C. The molecule has 0 bridgehead atoms. The van der Waals surface area contributed by atoms with Crippen molar-refractivity contribution in [1.29, 1.82) is 0 Å². The quantitative estimate of drug-likeness (QED) is 0.113. The van der Waals surface area contributed by atoms with E-state index in [0.717, 1.165) is 63.2 Å². The predicted molar refractivity (Wildman–Crippen MR) is 596 cm³/mol. The first-order valence-electron chi connectivity index (χ1n) is 52.9. The molecule has 10 heteroatoms. The number of aromatic nitrogens is 6. The Balaban J connectivity index is 0.000000110. The lowest BCUT2D eigenvalue weighted by atomic mass is 9.68. The lowest BCUT2D eigenvalue weighted by Crippen LogP contribution is -2.32. The topological polar surface area (TPSA) is 93.9 Å². The molecule has 5 aliphatic rings. The molecule has 10 aromatic carbocycles. The number of aryl methyl sites for hydroxylation is 12. The highest BCUT2D eigenvalue weighted by atomic mass is 16.3. The van der Waals surface area contributed by atoms with E-state index in [2.05, 4.69) is 424 Å². The van der Waals surface area contributed by atoms with Crippen LogP contribution in [0.4, 0.5) is 0 Å². The van der Waals surface area contributed by atoms with Gasteiger partial charge in [0.15, 0.2) is 24.8 Å². The van der Waals surface area contributed by atoms with E-state index in [1.54, 1.807) is 0 Å². The van der Waals surface area contributed by atoms with Gasteiger partial charge in [-0.3, -0.25) is 9.97 Å². The minimum Gasteiger partial charge on any atom is -0.455 e. The molecule has 0 aliphatic heterocycles. The van der Waals surface area contributed by atoms with Crippen molar-refractivity contribution in [2.45, 2.75) is 250 Å². The number of hydrogen-bond acceptors (Lipinski definition) is 6. The summed E-state index contributed by atoms with van der Waals surface area (Å²) in [4.78, 5) is 9.20. The van der Waals surface area contributed by atoms with Gasteiger partial charge in [-0.05, 0) is 252 Å². The Morgan fingerprint density at radius 1 is 0.299 bits per heavy atom. The molecular weight excluding hydrogens is 1760 g/mol. The van der Waals surface area contributed by atoms with Gasteiger partial charge in [0.25, 0.3) is 0 Å². The van der Waals surface area contributed by atoms with Crippen LogP contribution in [0.1, 0.15) is 284 Å². The Morgan fingerprint density at radius 3 is 1.06 bits per heavy atom. The molecule has 10 nitrogen and oxygen atoms in total. The van der Waals surface area contributed by atoms with Crippen molar-refractivity contribution in [3.63, 3.8) is 0 Å². The van der Waals surface area contributed by atoms with Crippen LogP contribution in [0.2, 0.25) is 0 Å². The van der Waals surface area contributed by atoms with Crippen molar-refractivity contribution in [2.75, 3.05) is 0 Å². The third kappa shape index (κ3) is 14.6. The molecule has 1 spiro atoms. The van der Waals surface area contributed by atoms with E-state index in [-0.39, 0.29) is 21.7 Å². The van der Waals surface area contributed by atoms with Crippen LogP contribution in [-0.4, -0.2) is 9.97 Å². The summed E-state index contributed by atoms with van der Waals surface area (Å²) < 4.78 is 36.4. The summed E-state index contributed by atoms with van der Waals surface area (Å²) in [6.07, 6.45) is 22.2. The van der Waals surface area contributed by atoms with Gasteiger partial charge in [-0.15, -0.1) is 0 Å². The zero-order chi connectivity index (χ0) is 101. The maximum absolute atomic E-state index is 6.86. The van der Waals surface area contributed by atoms with E-state index in [9.17, 15) is 0 Å². The van der Waals surface area contributed by atoms with Gasteiger partial charge in [0.1, 0.15) is 72.9 Å². The van der Waals surface area contributed by atoms with Crippen LogP contribution in [-0.2, 0) is 49.9 Å². The molecule has 0 saturated heterocycles. The minimum absolute atomic E-state index is 0.0229. The third-order valence-electron chi connectivity index (χ3n) is 33.8. The highest BCUT2D eigenvalue weighted by Gasteiger charge is 2.49. The normalized spacial score (nSPS) is 14.7. The summed E-state index contributed by atoms with van der Waals surface area (Å²) in [5, 5.41) is 9.70. The van der Waals surface area contributed by atoms with Crippen LogP contribution in [0.25, 0.3) is 177 Å². The van der Waals surface area contributed by atoms with Crippen LogP contribution in [0.15, 0.2) is 249 Å². The van der Waals surface area contributed by atoms with Gasteiger partial charge >= 0.3 is 0 Å². The van der Waals surface area contributed by atoms with Crippen molar-refractivity contribution in [1.82, 2.24) is 9.97 Å². The van der Waals surface area contributed by atoms with Gasteiger partial charge < -0.3 is 17.7 Å². The van der Waals surface area contributed by atoms with E-state index in [1.807, 2.05) is 24.7 Å². The molecule has 10 aromatic heterocycles. The Hall–Kier alpha value is -13.7. The van der Waals surface area contributed by atoms with Gasteiger partial charge in [-0.1, -0.05) is 263 Å². The minimum atomic E-state index is -0.145. The molecule has 0 unspecified atom stereocenters. The van der Waals surface area contributed by atoms with Crippen molar-refractivity contribution in [3.05, 3.63) is 343 Å². The van der Waals surface area contributed by atoms with Crippen molar-refractivity contribution >= 4 is 87.8 Å². The number of hydrogen-bond donors (Lipinski definition) is 0. The number of rotatable bonds is 12. The molecule has 1 fully saturated rings. The molecule has 25 rings (SSSR count). The lowest BCUT2D eigenvalue weighted by Gasteiger charge is -2.35. The highest BCUT2D eigenvalue weighted by Crippen LogP contribution is 2.63. The van der Waals surface area contributed by atoms with Crippen LogP contribution in [0.5, 0.6) is 0 Å². The van der Waals surface area contributed by atoms with Crippen molar-refractivity contribution in [3.8, 4) is 89.5 Å². The molecule has 20 aromatic rings. The van der Waals surface area contributed by atoms with Gasteiger partial charge in [0, 0.05) is 147 Å². The Bertz CT molecular complexity index is 8500. The molecule has 0 N–H and O–H groups in total. The lowest BCUT2D eigenvalue weighted by molar-refractivity contribution is -0.660. The fourth-order valence-electron chi connectivity index (χ4n) is 27.4. The summed E-state index contributed by atoms with van der Waals surface area (Å²) in [6.45, 7) is 54.4. The highest BCUT2D eigenvalue weighted by molar-refractivity contribution is 6.21. The summed E-state index contributed by atoms with van der Waals surface area (Å²) >= 11 is 0. The van der Waals surface area contributed by atoms with Crippen LogP contribution < -0.4 is 18.3 Å². The molecule has 726 valence electrons. The summed E-state index contributed by atoms with van der Waals surface area (Å²) in [6, 6.07) is 70.5. The summed E-state index contributed by atoms with van der Waals surface area (Å²) in [5.41, 5.74) is 54.6. The summed E-state index contributed by atoms with van der Waals surface area (Å²) in [7, 11) is 8.59. The molecule has 5 aliphatic carbocycles. The Morgan fingerprint density at radius 2 is 0.639 bits per heavy atom. The second kappa shape index (κ2) is 35.1. The maximum atomic E-state index is 6.86. The van der Waals surface area contributed by atoms with Gasteiger partial charge in [0.2, 0.25) is 22.8 Å². The number of pyridine rings is 6. The number of nitrogens with zero attached hydrogens (tertiary/aromatic N) is 6. The van der Waals surface area contributed by atoms with E-state index in [4.69, 9.17) is 22.7 Å².